The Morgan fingerprint density at radius 3 is 2.88 bits per heavy atom. The third kappa shape index (κ3) is 4.74. The molecule has 0 aromatic carbocycles. The first-order valence-electron chi connectivity index (χ1n) is 5.41. The summed E-state index contributed by atoms with van der Waals surface area (Å²) in [6.07, 6.45) is 1.26. The van der Waals surface area contributed by atoms with E-state index in [0.29, 0.717) is 12.6 Å². The molecule has 96 valence electrons. The van der Waals surface area contributed by atoms with Gasteiger partial charge in [-0.05, 0) is 12.8 Å². The fourth-order valence-corrected chi connectivity index (χ4v) is 1.37. The van der Waals surface area contributed by atoms with E-state index < -0.39 is 12.8 Å². The molecular formula is C10H14F3N3O. The van der Waals surface area contributed by atoms with Gasteiger partial charge in [0.1, 0.15) is 13.3 Å². The molecule has 0 spiro atoms. The minimum Gasteiger partial charge on any atom is -0.351 e. The molecular weight excluding hydrogens is 235 g/mol. The SMILES string of the molecule is FC(F)(F)COCn1cnc(CNC2CC2)c1. The van der Waals surface area contributed by atoms with Gasteiger partial charge in [0.05, 0.1) is 12.0 Å². The average molecular weight is 249 g/mol. The average Bonchev–Trinajstić information content (AvgIpc) is 2.95. The van der Waals surface area contributed by atoms with Crippen molar-refractivity contribution < 1.29 is 17.9 Å². The van der Waals surface area contributed by atoms with E-state index in [9.17, 15) is 13.2 Å². The van der Waals surface area contributed by atoms with E-state index in [-0.39, 0.29) is 6.73 Å². The lowest BCUT2D eigenvalue weighted by molar-refractivity contribution is -0.181. The van der Waals surface area contributed by atoms with E-state index in [0.717, 1.165) is 5.69 Å². The van der Waals surface area contributed by atoms with Gasteiger partial charge in [0, 0.05) is 18.8 Å². The first-order chi connectivity index (χ1) is 8.03. The summed E-state index contributed by atoms with van der Waals surface area (Å²) >= 11 is 0. The van der Waals surface area contributed by atoms with Gasteiger partial charge in [0.2, 0.25) is 0 Å². The molecule has 1 aromatic heterocycles. The molecule has 0 atom stereocenters. The van der Waals surface area contributed by atoms with Gasteiger partial charge in [0.25, 0.3) is 0 Å². The summed E-state index contributed by atoms with van der Waals surface area (Å²) in [5, 5.41) is 3.27. The van der Waals surface area contributed by atoms with Crippen molar-refractivity contribution in [3.05, 3.63) is 18.2 Å². The lowest BCUT2D eigenvalue weighted by Crippen LogP contribution is -2.18. The summed E-state index contributed by atoms with van der Waals surface area (Å²) in [4.78, 5) is 4.07. The smallest absolute Gasteiger partial charge is 0.351 e. The number of nitrogens with one attached hydrogen (secondary N) is 1. The molecule has 1 fully saturated rings. The highest BCUT2D eigenvalue weighted by Crippen LogP contribution is 2.19. The van der Waals surface area contributed by atoms with Crippen LogP contribution in [0.4, 0.5) is 13.2 Å². The Bertz CT molecular complexity index is 360. The van der Waals surface area contributed by atoms with Crippen LogP contribution in [0, 0.1) is 0 Å². The summed E-state index contributed by atoms with van der Waals surface area (Å²) in [7, 11) is 0. The number of imidazole rings is 1. The van der Waals surface area contributed by atoms with Gasteiger partial charge in [-0.2, -0.15) is 13.2 Å². The van der Waals surface area contributed by atoms with Crippen molar-refractivity contribution in [1.82, 2.24) is 14.9 Å². The number of alkyl halides is 3. The molecule has 1 N–H and O–H groups in total. The summed E-state index contributed by atoms with van der Waals surface area (Å²) in [5.74, 6) is 0. The molecule has 1 aliphatic rings. The van der Waals surface area contributed by atoms with Crippen LogP contribution in [-0.2, 0) is 18.0 Å². The summed E-state index contributed by atoms with van der Waals surface area (Å²) in [5.41, 5.74) is 0.813. The Morgan fingerprint density at radius 2 is 2.24 bits per heavy atom. The molecule has 1 saturated carbocycles. The standard InChI is InChI=1S/C10H14F3N3O/c11-10(12,13)5-17-7-16-4-9(15-6-16)3-14-8-1-2-8/h4,6,8,14H,1-3,5,7H2. The molecule has 7 heteroatoms. The number of hydrogen-bond acceptors (Lipinski definition) is 3. The number of aromatic nitrogens is 2. The number of halogens is 3. The van der Waals surface area contributed by atoms with Gasteiger partial charge in [-0.25, -0.2) is 4.98 Å². The normalized spacial score (nSPS) is 16.4. The molecule has 4 nitrogen and oxygen atoms in total. The van der Waals surface area contributed by atoms with Gasteiger partial charge in [0.15, 0.2) is 0 Å². The zero-order chi connectivity index (χ0) is 12.3. The molecule has 17 heavy (non-hydrogen) atoms. The summed E-state index contributed by atoms with van der Waals surface area (Å²) < 4.78 is 41.5. The van der Waals surface area contributed by atoms with Crippen LogP contribution in [0.3, 0.4) is 0 Å². The van der Waals surface area contributed by atoms with Gasteiger partial charge < -0.3 is 14.6 Å². The highest BCUT2D eigenvalue weighted by Gasteiger charge is 2.27. The van der Waals surface area contributed by atoms with Crippen LogP contribution in [0.5, 0.6) is 0 Å². The molecule has 1 heterocycles. The van der Waals surface area contributed by atoms with Gasteiger partial charge in [-0.15, -0.1) is 0 Å². The summed E-state index contributed by atoms with van der Waals surface area (Å²) in [6, 6.07) is 0.585. The predicted octanol–water partition coefficient (Wildman–Crippen LogP) is 1.67. The largest absolute Gasteiger partial charge is 0.411 e. The van der Waals surface area contributed by atoms with Crippen LogP contribution >= 0.6 is 0 Å². The third-order valence-corrected chi connectivity index (χ3v) is 2.34. The highest BCUT2D eigenvalue weighted by molar-refractivity contribution is 4.97. The Balaban J connectivity index is 1.69. The van der Waals surface area contributed by atoms with Crippen LogP contribution in [0.2, 0.25) is 0 Å². The topological polar surface area (TPSA) is 39.1 Å². The second kappa shape index (κ2) is 5.05. The van der Waals surface area contributed by atoms with Crippen molar-refractivity contribution in [2.24, 2.45) is 0 Å². The molecule has 2 rings (SSSR count). The zero-order valence-electron chi connectivity index (χ0n) is 9.20. The lowest BCUT2D eigenvalue weighted by Gasteiger charge is -2.07. The maximum Gasteiger partial charge on any atom is 0.411 e. The van der Waals surface area contributed by atoms with E-state index in [1.54, 1.807) is 6.20 Å². The minimum absolute atomic E-state index is 0.129. The molecule has 1 aromatic rings. The molecule has 0 unspecified atom stereocenters. The zero-order valence-corrected chi connectivity index (χ0v) is 9.20. The van der Waals surface area contributed by atoms with Gasteiger partial charge in [-0.3, -0.25) is 0 Å². The molecule has 1 aliphatic carbocycles. The van der Waals surface area contributed by atoms with E-state index >= 15 is 0 Å². The van der Waals surface area contributed by atoms with Crippen molar-refractivity contribution in [3.63, 3.8) is 0 Å². The molecule has 0 amide bonds. The maximum absolute atomic E-state index is 11.8. The van der Waals surface area contributed by atoms with Crippen molar-refractivity contribution in [2.75, 3.05) is 6.61 Å². The number of rotatable bonds is 6. The fraction of sp³-hybridized carbons (Fsp3) is 0.700. The first kappa shape index (κ1) is 12.4. The summed E-state index contributed by atoms with van der Waals surface area (Å²) in [6.45, 7) is -0.715. The molecule has 0 radical (unpaired) electrons. The van der Waals surface area contributed by atoms with Crippen molar-refractivity contribution in [3.8, 4) is 0 Å². The Hall–Kier alpha value is -1.08. The number of hydrogen-bond donors (Lipinski definition) is 1. The van der Waals surface area contributed by atoms with E-state index in [2.05, 4.69) is 15.0 Å². The van der Waals surface area contributed by atoms with E-state index in [1.165, 1.54) is 23.7 Å². The quantitative estimate of drug-likeness (QED) is 0.833. The minimum atomic E-state index is -4.28. The van der Waals surface area contributed by atoms with Crippen LogP contribution in [0.1, 0.15) is 18.5 Å². The maximum atomic E-state index is 11.8. The lowest BCUT2D eigenvalue weighted by atomic mass is 10.4. The van der Waals surface area contributed by atoms with Crippen LogP contribution in [-0.4, -0.2) is 28.4 Å². The molecule has 0 bridgehead atoms. The van der Waals surface area contributed by atoms with Crippen LogP contribution in [0.25, 0.3) is 0 Å². The first-order valence-corrected chi connectivity index (χ1v) is 5.41. The van der Waals surface area contributed by atoms with Crippen LogP contribution < -0.4 is 5.32 Å². The second-order valence-electron chi connectivity index (χ2n) is 4.13. The van der Waals surface area contributed by atoms with Gasteiger partial charge in [-0.1, -0.05) is 0 Å². The van der Waals surface area contributed by atoms with Crippen molar-refractivity contribution in [1.29, 1.82) is 0 Å². The Labute approximate surface area is 96.8 Å². The predicted molar refractivity (Wildman–Crippen MR) is 54.1 cm³/mol. The Kier molecular flexibility index (Phi) is 3.68. The van der Waals surface area contributed by atoms with Crippen molar-refractivity contribution in [2.45, 2.75) is 38.3 Å². The van der Waals surface area contributed by atoms with Crippen LogP contribution in [0.15, 0.2) is 12.5 Å². The van der Waals surface area contributed by atoms with E-state index in [4.69, 9.17) is 0 Å². The van der Waals surface area contributed by atoms with Gasteiger partial charge >= 0.3 is 6.18 Å². The number of ether oxygens (including phenoxy) is 1. The molecule has 0 aliphatic heterocycles. The van der Waals surface area contributed by atoms with Crippen molar-refractivity contribution >= 4 is 0 Å². The Morgan fingerprint density at radius 1 is 1.47 bits per heavy atom. The number of nitrogens with zero attached hydrogens (tertiary/aromatic N) is 2. The molecule has 0 saturated heterocycles. The third-order valence-electron chi connectivity index (χ3n) is 2.34. The second-order valence-corrected chi connectivity index (χ2v) is 4.13. The fourth-order valence-electron chi connectivity index (χ4n) is 1.37. The highest BCUT2D eigenvalue weighted by atomic mass is 19.4. The monoisotopic (exact) mass is 249 g/mol. The van der Waals surface area contributed by atoms with E-state index in [1.807, 2.05) is 0 Å².